The van der Waals surface area contributed by atoms with E-state index in [4.69, 9.17) is 5.73 Å². The molecular formula is C59H45Cl4N15O8. The van der Waals surface area contributed by atoms with Gasteiger partial charge in [-0.1, -0.05) is 0 Å². The average molecular weight is 1230 g/mol. The van der Waals surface area contributed by atoms with Crippen molar-refractivity contribution >= 4 is 28.4 Å². The number of pyridine rings is 4. The third-order valence-electron chi connectivity index (χ3n) is 12.9. The van der Waals surface area contributed by atoms with Gasteiger partial charge >= 0.3 is 11.4 Å². The van der Waals surface area contributed by atoms with E-state index < -0.39 is 42.4 Å². The number of aromatic nitrogens is 10. The highest BCUT2D eigenvalue weighted by Crippen LogP contribution is 2.27. The number of benzene rings is 5. The number of anilines is 1. The molecule has 0 unspecified atom stereocenters. The summed E-state index contributed by atoms with van der Waals surface area (Å²) in [7, 11) is 0. The fourth-order valence-electron chi connectivity index (χ4n) is 8.60. The van der Waals surface area contributed by atoms with Gasteiger partial charge in [-0.25, -0.2) is 15.0 Å². The summed E-state index contributed by atoms with van der Waals surface area (Å²) < 4.78 is 13.1. The highest BCUT2D eigenvalue weighted by atomic mass is 35.5. The second-order valence-corrected chi connectivity index (χ2v) is 17.9. The molecular weight excluding hydrogens is 1190 g/mol. The van der Waals surface area contributed by atoms with E-state index in [-0.39, 0.29) is 61.0 Å². The number of nitro groups is 4. The molecule has 7 heterocycles. The normalized spacial score (nSPS) is 10.1. The van der Waals surface area contributed by atoms with E-state index in [2.05, 4.69) is 122 Å². The van der Waals surface area contributed by atoms with E-state index in [1.165, 1.54) is 44.5 Å². The number of rotatable bonds is 13. The minimum absolute atomic E-state index is 0. The molecule has 0 bridgehead atoms. The molecule has 7 aromatic heterocycles. The highest BCUT2D eigenvalue weighted by Gasteiger charge is 2.28. The molecule has 0 aliphatic rings. The fourth-order valence-corrected chi connectivity index (χ4v) is 8.60. The average Bonchev–Trinajstić information content (AvgIpc) is 1.77. The Labute approximate surface area is 513 Å². The van der Waals surface area contributed by atoms with Crippen LogP contribution < -0.4 is 73.6 Å². The molecule has 86 heavy (non-hydrogen) atoms. The minimum Gasteiger partial charge on any atom is -1.00 e. The molecule has 27 heteroatoms. The van der Waals surface area contributed by atoms with Crippen molar-refractivity contribution < 1.29 is 87.6 Å². The topological polar surface area (TPSA) is 268 Å². The van der Waals surface area contributed by atoms with Gasteiger partial charge in [0, 0.05) is 157 Å². The van der Waals surface area contributed by atoms with E-state index in [0.717, 1.165) is 57.4 Å². The maximum Gasteiger partial charge on any atom is 0.347 e. The number of non-ortho nitro benzene ring substituents is 2. The van der Waals surface area contributed by atoms with Gasteiger partial charge in [-0.3, -0.25) is 40.5 Å². The van der Waals surface area contributed by atoms with Gasteiger partial charge in [0.15, 0.2) is 49.6 Å². The zero-order valence-corrected chi connectivity index (χ0v) is 47.5. The minimum atomic E-state index is -0.711. The number of imidazole rings is 3. The van der Waals surface area contributed by atoms with E-state index in [1.54, 1.807) is 86.6 Å². The van der Waals surface area contributed by atoms with Crippen molar-refractivity contribution in [1.82, 2.24) is 28.7 Å². The predicted octanol–water partition coefficient (Wildman–Crippen LogP) is -2.71. The number of nitrogen functional groups attached to an aromatic ring is 1. The first-order chi connectivity index (χ1) is 39.8. The van der Waals surface area contributed by atoms with Crippen LogP contribution in [0.2, 0.25) is 0 Å². The molecule has 432 valence electrons. The lowest BCUT2D eigenvalue weighted by molar-refractivity contribution is -0.601. The lowest BCUT2D eigenvalue weighted by Gasteiger charge is -2.04. The molecule has 0 amide bonds. The lowest BCUT2D eigenvalue weighted by atomic mass is 10.1. The summed E-state index contributed by atoms with van der Waals surface area (Å²) in [6.07, 6.45) is 31.1. The Morgan fingerprint density at radius 2 is 0.628 bits per heavy atom. The smallest absolute Gasteiger partial charge is 0.347 e. The zero-order chi connectivity index (χ0) is 57.1. The second-order valence-electron chi connectivity index (χ2n) is 17.9. The number of nitrogens with zero attached hydrogens (tertiary/aromatic N) is 14. The van der Waals surface area contributed by atoms with Crippen molar-refractivity contribution in [2.24, 2.45) is 0 Å². The van der Waals surface area contributed by atoms with Gasteiger partial charge in [-0.15, -0.1) is 0 Å². The first kappa shape index (κ1) is 64.1. The van der Waals surface area contributed by atoms with Gasteiger partial charge in [0.25, 0.3) is 22.7 Å². The summed E-state index contributed by atoms with van der Waals surface area (Å²) in [5.41, 5.74) is 14.3. The molecule has 2 N–H and O–H groups in total. The van der Waals surface area contributed by atoms with Crippen LogP contribution in [0.25, 0.3) is 62.1 Å². The first-order valence-electron chi connectivity index (χ1n) is 24.8. The fraction of sp³-hybridized carbons (Fsp3) is 0. The molecule has 0 radical (unpaired) electrons. The van der Waals surface area contributed by atoms with Crippen molar-refractivity contribution in [1.29, 1.82) is 0 Å². The SMILES string of the molecule is Nc1ccc(-n2ccnc2)cc1.O=[N+]([O-])c1ccc(-[n+]2ccc(-c3cc[n+](-c4ccc([N+](=O)[O-])cc4[N+](=O)[O-])cc3)cc2)c([N+](=O)[O-])c1.[Cl-].[Cl-].[Cl-].[Cl-].c1cn(-c2ccc(-[n+]3ccc(-c4cc[n+](-c5ccc(-n6ccnc6)cc5)cc4)cc3)cc2)cn1. The van der Waals surface area contributed by atoms with Crippen LogP contribution in [-0.2, 0) is 0 Å². The van der Waals surface area contributed by atoms with Gasteiger partial charge in [-0.2, -0.15) is 18.3 Å². The summed E-state index contributed by atoms with van der Waals surface area (Å²) in [6, 6.07) is 46.5. The van der Waals surface area contributed by atoms with Crippen molar-refractivity contribution in [3.63, 3.8) is 0 Å². The number of hydrogen-bond donors (Lipinski definition) is 1. The van der Waals surface area contributed by atoms with Crippen molar-refractivity contribution in [3.8, 4) is 62.1 Å². The molecule has 23 nitrogen and oxygen atoms in total. The molecule has 0 atom stereocenters. The van der Waals surface area contributed by atoms with E-state index in [1.807, 2.05) is 56.6 Å². The van der Waals surface area contributed by atoms with E-state index >= 15 is 0 Å². The Kier molecular flexibility index (Phi) is 21.8. The third kappa shape index (κ3) is 15.1. The monoisotopic (exact) mass is 1230 g/mol. The van der Waals surface area contributed by atoms with Crippen LogP contribution in [0, 0.1) is 40.5 Å². The molecule has 0 aliphatic carbocycles. The van der Waals surface area contributed by atoms with Crippen molar-refractivity contribution in [2.45, 2.75) is 0 Å². The summed E-state index contributed by atoms with van der Waals surface area (Å²) in [5, 5.41) is 44.7. The van der Waals surface area contributed by atoms with Crippen molar-refractivity contribution in [2.75, 3.05) is 5.73 Å². The molecule has 0 saturated carbocycles. The standard InChI is InChI=1S/C28H22N6.C22H14N6O8.C9H9N3.4ClH/c1-5-27(33-19-13-29-21-33)6-2-25(1)31-15-9-23(10-16-31)24-11-17-32(18-12-24)26-3-7-28(8-4-26)34-20-14-30-22-34;29-25(30)17-1-3-19(21(13-17)27(33)34)23-9-5-15(6-10-23)16-7-11-24(12-8-16)20-4-2-18(26(31)32)14-22(20)28(35)36;10-8-1-3-9(4-2-8)12-6-5-11-7-12;;;;/h1-22H;1-14H;1-7H,10H2;4*1H/q2*+2;;;;;/p-4. The van der Waals surface area contributed by atoms with Crippen LogP contribution in [-0.4, -0.2) is 48.3 Å². The Hall–Kier alpha value is -11.1. The van der Waals surface area contributed by atoms with E-state index in [0.29, 0.717) is 0 Å². The summed E-state index contributed by atoms with van der Waals surface area (Å²) in [4.78, 5) is 54.1. The second kappa shape index (κ2) is 29.2. The number of hydrogen-bond acceptors (Lipinski definition) is 12. The number of halogens is 4. The zero-order valence-electron chi connectivity index (χ0n) is 44.4. The number of nitro benzene ring substituents is 4. The Balaban J connectivity index is 0.000000222. The maximum atomic E-state index is 11.4. The van der Waals surface area contributed by atoms with Gasteiger partial charge in [0.1, 0.15) is 12.1 Å². The molecule has 12 aromatic rings. The Morgan fingerprint density at radius 1 is 0.349 bits per heavy atom. The van der Waals surface area contributed by atoms with E-state index in [9.17, 15) is 40.5 Å². The van der Waals surface area contributed by atoms with Gasteiger partial charge in [0.2, 0.25) is 11.4 Å². The van der Waals surface area contributed by atoms with Crippen molar-refractivity contribution in [3.05, 3.63) is 304 Å². The Morgan fingerprint density at radius 3 is 0.884 bits per heavy atom. The molecule has 0 aliphatic heterocycles. The number of nitrogens with two attached hydrogens (primary N) is 1. The lowest BCUT2D eigenvalue weighted by Crippen LogP contribution is -3.00. The van der Waals surface area contributed by atoms with Gasteiger partial charge in [0.05, 0.1) is 38.7 Å². The van der Waals surface area contributed by atoms with Gasteiger partial charge < -0.3 is 69.1 Å². The molecule has 5 aromatic carbocycles. The van der Waals surface area contributed by atoms with Gasteiger partial charge in [-0.05, 0) is 70.8 Å². The third-order valence-corrected chi connectivity index (χ3v) is 12.9. The predicted molar refractivity (Wildman–Crippen MR) is 299 cm³/mol. The molecule has 0 saturated heterocycles. The van der Waals surface area contributed by atoms with Crippen LogP contribution in [0.1, 0.15) is 0 Å². The summed E-state index contributed by atoms with van der Waals surface area (Å²) in [6.45, 7) is 0. The largest absolute Gasteiger partial charge is 1.00 e. The quantitative estimate of drug-likeness (QED) is 0.0535. The molecule has 0 spiro atoms. The summed E-state index contributed by atoms with van der Waals surface area (Å²) in [5.74, 6) is 0. The van der Waals surface area contributed by atoms with Crippen LogP contribution in [0.3, 0.4) is 0 Å². The van der Waals surface area contributed by atoms with Crippen LogP contribution >= 0.6 is 0 Å². The summed E-state index contributed by atoms with van der Waals surface area (Å²) >= 11 is 0. The first-order valence-corrected chi connectivity index (χ1v) is 24.8. The molecule has 12 rings (SSSR count). The highest BCUT2D eigenvalue weighted by molar-refractivity contribution is 5.63. The molecule has 0 fully saturated rings. The Bertz CT molecular complexity index is 3960. The maximum absolute atomic E-state index is 11.4. The van der Waals surface area contributed by atoms with Crippen LogP contribution in [0.5, 0.6) is 0 Å². The van der Waals surface area contributed by atoms with Crippen LogP contribution in [0.15, 0.2) is 263 Å². The van der Waals surface area contributed by atoms with Crippen LogP contribution in [0.4, 0.5) is 28.4 Å².